The number of benzene rings is 1. The van der Waals surface area contributed by atoms with E-state index in [9.17, 15) is 4.79 Å². The van der Waals surface area contributed by atoms with Gasteiger partial charge in [0.1, 0.15) is 0 Å². The Morgan fingerprint density at radius 1 is 1.32 bits per heavy atom. The fourth-order valence-corrected chi connectivity index (χ4v) is 2.06. The molecule has 3 nitrogen and oxygen atoms in total. The van der Waals surface area contributed by atoms with Crippen LogP contribution in [0.5, 0.6) is 0 Å². The summed E-state index contributed by atoms with van der Waals surface area (Å²) in [5, 5.41) is 2.94. The highest BCUT2D eigenvalue weighted by molar-refractivity contribution is 5.78. The minimum Gasteiger partial charge on any atom is -0.353 e. The van der Waals surface area contributed by atoms with Crippen molar-refractivity contribution in [3.8, 4) is 0 Å². The molecule has 106 valence electrons. The third-order valence-electron chi connectivity index (χ3n) is 3.16. The van der Waals surface area contributed by atoms with Crippen molar-refractivity contribution < 1.29 is 4.79 Å². The van der Waals surface area contributed by atoms with E-state index in [1.807, 2.05) is 13.8 Å². The van der Waals surface area contributed by atoms with Gasteiger partial charge in [0.05, 0.1) is 6.54 Å². The molecule has 19 heavy (non-hydrogen) atoms. The van der Waals surface area contributed by atoms with Crippen molar-refractivity contribution in [3.05, 3.63) is 34.9 Å². The maximum absolute atomic E-state index is 11.8. The molecule has 0 aliphatic carbocycles. The first-order chi connectivity index (χ1) is 8.92. The number of aryl methyl sites for hydroxylation is 2. The number of carbonyl (C=O) groups is 1. The van der Waals surface area contributed by atoms with Gasteiger partial charge in [-0.15, -0.1) is 0 Å². The monoisotopic (exact) mass is 262 g/mol. The zero-order chi connectivity index (χ0) is 14.4. The maximum atomic E-state index is 11.8. The molecule has 0 atom stereocenters. The number of carbonyl (C=O) groups excluding carboxylic acids is 1. The zero-order valence-electron chi connectivity index (χ0n) is 12.8. The Morgan fingerprint density at radius 2 is 2.00 bits per heavy atom. The average molecular weight is 262 g/mol. The van der Waals surface area contributed by atoms with E-state index in [4.69, 9.17) is 0 Å². The molecule has 0 radical (unpaired) electrons. The number of nitrogens with zero attached hydrogens (tertiary/aromatic N) is 1. The third-order valence-corrected chi connectivity index (χ3v) is 3.16. The lowest BCUT2D eigenvalue weighted by molar-refractivity contribution is -0.122. The normalized spacial score (nSPS) is 11.1. The van der Waals surface area contributed by atoms with Crippen molar-refractivity contribution in [3.63, 3.8) is 0 Å². The highest BCUT2D eigenvalue weighted by Crippen LogP contribution is 2.13. The first-order valence-electron chi connectivity index (χ1n) is 7.00. The lowest BCUT2D eigenvalue weighted by atomic mass is 10.1. The van der Waals surface area contributed by atoms with E-state index in [2.05, 4.69) is 49.2 Å². The molecule has 0 saturated carbocycles. The van der Waals surface area contributed by atoms with Crippen LogP contribution in [0.4, 0.5) is 0 Å². The Bertz CT molecular complexity index is 427. The second-order valence-electron chi connectivity index (χ2n) is 5.46. The van der Waals surface area contributed by atoms with Crippen molar-refractivity contribution in [1.82, 2.24) is 10.2 Å². The molecule has 1 aromatic rings. The quantitative estimate of drug-likeness (QED) is 0.855. The highest BCUT2D eigenvalue weighted by atomic mass is 16.2. The minimum atomic E-state index is 0.0992. The largest absolute Gasteiger partial charge is 0.353 e. The van der Waals surface area contributed by atoms with E-state index in [-0.39, 0.29) is 11.9 Å². The lowest BCUT2D eigenvalue weighted by Crippen LogP contribution is -2.39. The second kappa shape index (κ2) is 7.29. The molecule has 0 heterocycles. The van der Waals surface area contributed by atoms with Crippen molar-refractivity contribution >= 4 is 5.91 Å². The molecule has 1 rings (SSSR count). The van der Waals surface area contributed by atoms with Crippen molar-refractivity contribution in [1.29, 1.82) is 0 Å². The van der Waals surface area contributed by atoms with E-state index in [1.54, 1.807) is 0 Å². The summed E-state index contributed by atoms with van der Waals surface area (Å²) in [6.45, 7) is 12.4. The second-order valence-corrected chi connectivity index (χ2v) is 5.46. The summed E-state index contributed by atoms with van der Waals surface area (Å²) >= 11 is 0. The lowest BCUT2D eigenvalue weighted by Gasteiger charge is -2.22. The van der Waals surface area contributed by atoms with E-state index in [0.29, 0.717) is 6.54 Å². The van der Waals surface area contributed by atoms with Crippen LogP contribution >= 0.6 is 0 Å². The molecule has 0 unspecified atom stereocenters. The Morgan fingerprint density at radius 3 is 2.58 bits per heavy atom. The van der Waals surface area contributed by atoms with Crippen LogP contribution in [0.25, 0.3) is 0 Å². The van der Waals surface area contributed by atoms with Crippen molar-refractivity contribution in [2.45, 2.75) is 47.2 Å². The van der Waals surface area contributed by atoms with Gasteiger partial charge >= 0.3 is 0 Å². The number of rotatable bonds is 6. The first-order valence-corrected chi connectivity index (χ1v) is 7.00. The molecular weight excluding hydrogens is 236 g/mol. The number of hydrogen-bond donors (Lipinski definition) is 1. The minimum absolute atomic E-state index is 0.0992. The molecule has 1 aromatic carbocycles. The fraction of sp³-hybridized carbons (Fsp3) is 0.562. The smallest absolute Gasteiger partial charge is 0.234 e. The van der Waals surface area contributed by atoms with E-state index in [0.717, 1.165) is 13.1 Å². The number of amides is 1. The zero-order valence-corrected chi connectivity index (χ0v) is 12.8. The van der Waals surface area contributed by atoms with Crippen molar-refractivity contribution in [2.75, 3.05) is 13.1 Å². The molecule has 1 amide bonds. The predicted molar refractivity (Wildman–Crippen MR) is 80.1 cm³/mol. The van der Waals surface area contributed by atoms with Gasteiger partial charge in [-0.3, -0.25) is 9.69 Å². The summed E-state index contributed by atoms with van der Waals surface area (Å²) in [5.41, 5.74) is 3.86. The summed E-state index contributed by atoms with van der Waals surface area (Å²) < 4.78 is 0. The van der Waals surface area contributed by atoms with Crippen LogP contribution in [0, 0.1) is 13.8 Å². The molecule has 0 aromatic heterocycles. The van der Waals surface area contributed by atoms with E-state index < -0.39 is 0 Å². The Kier molecular flexibility index (Phi) is 6.03. The maximum Gasteiger partial charge on any atom is 0.234 e. The molecule has 0 saturated heterocycles. The number of nitrogens with one attached hydrogen (secondary N) is 1. The van der Waals surface area contributed by atoms with Gasteiger partial charge in [-0.05, 0) is 45.4 Å². The summed E-state index contributed by atoms with van der Waals surface area (Å²) in [4.78, 5) is 14.0. The topological polar surface area (TPSA) is 32.3 Å². The Balaban J connectivity index is 2.66. The standard InChI is InChI=1S/C16H26N2O/c1-6-18(11-16(19)17-12(2)3)10-15-9-13(4)7-8-14(15)5/h7-9,12H,6,10-11H2,1-5H3,(H,17,19). The molecule has 0 aliphatic rings. The predicted octanol–water partition coefficient (Wildman–Crippen LogP) is 2.65. The number of likely N-dealkylation sites (N-methyl/N-ethyl adjacent to an activating group) is 1. The van der Waals surface area contributed by atoms with Gasteiger partial charge in [-0.1, -0.05) is 30.7 Å². The van der Waals surface area contributed by atoms with Gasteiger partial charge in [0, 0.05) is 12.6 Å². The molecule has 0 aliphatic heterocycles. The molecule has 0 bridgehead atoms. The molecule has 3 heteroatoms. The van der Waals surface area contributed by atoms with Gasteiger partial charge in [-0.25, -0.2) is 0 Å². The Hall–Kier alpha value is -1.35. The van der Waals surface area contributed by atoms with Gasteiger partial charge in [-0.2, -0.15) is 0 Å². The average Bonchev–Trinajstić information content (AvgIpc) is 2.31. The van der Waals surface area contributed by atoms with Gasteiger partial charge in [0.25, 0.3) is 0 Å². The van der Waals surface area contributed by atoms with Gasteiger partial charge in [0.2, 0.25) is 5.91 Å². The van der Waals surface area contributed by atoms with Crippen LogP contribution in [-0.2, 0) is 11.3 Å². The van der Waals surface area contributed by atoms with Crippen LogP contribution in [-0.4, -0.2) is 29.9 Å². The molecule has 0 spiro atoms. The first kappa shape index (κ1) is 15.7. The van der Waals surface area contributed by atoms with Gasteiger partial charge in [0.15, 0.2) is 0 Å². The molecule has 1 N–H and O–H groups in total. The summed E-state index contributed by atoms with van der Waals surface area (Å²) in [7, 11) is 0. The van der Waals surface area contributed by atoms with Crippen LogP contribution < -0.4 is 5.32 Å². The van der Waals surface area contributed by atoms with E-state index in [1.165, 1.54) is 16.7 Å². The van der Waals surface area contributed by atoms with E-state index >= 15 is 0 Å². The van der Waals surface area contributed by atoms with Crippen LogP contribution in [0.3, 0.4) is 0 Å². The molecular formula is C16H26N2O. The van der Waals surface area contributed by atoms with Crippen LogP contribution in [0.1, 0.15) is 37.5 Å². The Labute approximate surface area is 117 Å². The third kappa shape index (κ3) is 5.43. The summed E-state index contributed by atoms with van der Waals surface area (Å²) in [5.74, 6) is 0.0992. The summed E-state index contributed by atoms with van der Waals surface area (Å²) in [6, 6.07) is 6.68. The van der Waals surface area contributed by atoms with Crippen LogP contribution in [0.15, 0.2) is 18.2 Å². The summed E-state index contributed by atoms with van der Waals surface area (Å²) in [6.07, 6.45) is 0. The van der Waals surface area contributed by atoms with Gasteiger partial charge < -0.3 is 5.32 Å². The number of hydrogen-bond acceptors (Lipinski definition) is 2. The SMILES string of the molecule is CCN(CC(=O)NC(C)C)Cc1cc(C)ccc1C. The highest BCUT2D eigenvalue weighted by Gasteiger charge is 2.11. The molecule has 0 fully saturated rings. The van der Waals surface area contributed by atoms with Crippen molar-refractivity contribution in [2.24, 2.45) is 0 Å². The van der Waals surface area contributed by atoms with Crippen LogP contribution in [0.2, 0.25) is 0 Å². The fourth-order valence-electron chi connectivity index (χ4n) is 2.06.